The zero-order chi connectivity index (χ0) is 23.4. The summed E-state index contributed by atoms with van der Waals surface area (Å²) < 4.78 is 18.1. The number of benzene rings is 2. The van der Waals surface area contributed by atoms with Crippen LogP contribution in [0.1, 0.15) is 31.2 Å². The number of carbonyl (C=O) groups is 1. The molecule has 168 valence electrons. The minimum absolute atomic E-state index is 0.0248. The molecule has 0 aliphatic heterocycles. The Morgan fingerprint density at radius 3 is 2.62 bits per heavy atom. The van der Waals surface area contributed by atoms with Gasteiger partial charge in [-0.2, -0.15) is 9.78 Å². The SMILES string of the molecule is COC(=O)COc1c(Br)cc(C=Nn2c(C(C)C)nc3ccc(Br)cc3c2=O)cc1OC. The number of hydrogen-bond donors (Lipinski definition) is 0. The van der Waals surface area contributed by atoms with Crippen molar-refractivity contribution in [1.29, 1.82) is 0 Å². The Morgan fingerprint density at radius 1 is 1.22 bits per heavy atom. The van der Waals surface area contributed by atoms with Crippen molar-refractivity contribution in [1.82, 2.24) is 9.66 Å². The van der Waals surface area contributed by atoms with E-state index in [-0.39, 0.29) is 18.1 Å². The minimum Gasteiger partial charge on any atom is -0.493 e. The van der Waals surface area contributed by atoms with Gasteiger partial charge in [0, 0.05) is 10.4 Å². The fourth-order valence-corrected chi connectivity index (χ4v) is 3.86. The van der Waals surface area contributed by atoms with E-state index in [4.69, 9.17) is 9.47 Å². The van der Waals surface area contributed by atoms with Gasteiger partial charge in [0.25, 0.3) is 5.56 Å². The lowest BCUT2D eigenvalue weighted by atomic mass is 10.2. The van der Waals surface area contributed by atoms with E-state index in [0.29, 0.717) is 38.3 Å². The van der Waals surface area contributed by atoms with Crippen molar-refractivity contribution in [2.75, 3.05) is 20.8 Å². The second-order valence-corrected chi connectivity index (χ2v) is 8.82. The molecule has 3 rings (SSSR count). The third-order valence-electron chi connectivity index (χ3n) is 4.49. The summed E-state index contributed by atoms with van der Waals surface area (Å²) in [5, 5.41) is 4.88. The zero-order valence-electron chi connectivity index (χ0n) is 17.9. The molecule has 2 aromatic carbocycles. The lowest BCUT2D eigenvalue weighted by molar-refractivity contribution is -0.142. The number of nitrogens with zero attached hydrogens (tertiary/aromatic N) is 3. The molecule has 0 unspecified atom stereocenters. The van der Waals surface area contributed by atoms with Crippen molar-refractivity contribution in [2.24, 2.45) is 5.10 Å². The topological polar surface area (TPSA) is 92.0 Å². The number of carbonyl (C=O) groups excluding carboxylic acids is 1. The summed E-state index contributed by atoms with van der Waals surface area (Å²) in [7, 11) is 2.77. The predicted octanol–water partition coefficient (Wildman–Crippen LogP) is 4.49. The van der Waals surface area contributed by atoms with Crippen LogP contribution in [0.15, 0.2) is 49.2 Å². The number of aromatic nitrogens is 2. The highest BCUT2D eigenvalue weighted by Crippen LogP contribution is 2.36. The van der Waals surface area contributed by atoms with Gasteiger partial charge in [0.15, 0.2) is 18.1 Å². The normalized spacial score (nSPS) is 11.3. The maximum Gasteiger partial charge on any atom is 0.343 e. The van der Waals surface area contributed by atoms with Gasteiger partial charge in [-0.15, -0.1) is 0 Å². The number of ether oxygens (including phenoxy) is 3. The second kappa shape index (κ2) is 10.3. The molecule has 8 nitrogen and oxygen atoms in total. The van der Waals surface area contributed by atoms with E-state index in [1.54, 1.807) is 24.3 Å². The van der Waals surface area contributed by atoms with E-state index in [1.165, 1.54) is 25.1 Å². The molecule has 0 atom stereocenters. The number of methoxy groups -OCH3 is 2. The number of fused-ring (bicyclic) bond motifs is 1. The van der Waals surface area contributed by atoms with Gasteiger partial charge in [-0.05, 0) is 51.8 Å². The predicted molar refractivity (Wildman–Crippen MR) is 129 cm³/mol. The number of rotatable bonds is 7. The highest BCUT2D eigenvalue weighted by atomic mass is 79.9. The Morgan fingerprint density at radius 2 is 1.97 bits per heavy atom. The van der Waals surface area contributed by atoms with Crippen LogP contribution < -0.4 is 15.0 Å². The fraction of sp³-hybridized carbons (Fsp3) is 0.273. The van der Waals surface area contributed by atoms with Gasteiger partial charge in [0.1, 0.15) is 5.82 Å². The summed E-state index contributed by atoms with van der Waals surface area (Å²) in [4.78, 5) is 29.2. The molecular formula is C22H21Br2N3O5. The summed E-state index contributed by atoms with van der Waals surface area (Å²) in [5.74, 6) is 0.753. The lowest BCUT2D eigenvalue weighted by Gasteiger charge is -2.13. The molecule has 10 heteroatoms. The molecule has 0 saturated carbocycles. The molecule has 0 radical (unpaired) electrons. The van der Waals surface area contributed by atoms with Crippen LogP contribution in [0.4, 0.5) is 0 Å². The van der Waals surface area contributed by atoms with E-state index < -0.39 is 5.97 Å². The third-order valence-corrected chi connectivity index (χ3v) is 5.57. The number of esters is 1. The van der Waals surface area contributed by atoms with Gasteiger partial charge < -0.3 is 14.2 Å². The maximum atomic E-state index is 13.1. The van der Waals surface area contributed by atoms with Gasteiger partial charge in [-0.1, -0.05) is 29.8 Å². The first-order valence-corrected chi connectivity index (χ1v) is 11.2. The van der Waals surface area contributed by atoms with Crippen molar-refractivity contribution in [3.63, 3.8) is 0 Å². The highest BCUT2D eigenvalue weighted by Gasteiger charge is 2.15. The molecule has 0 saturated heterocycles. The second-order valence-electron chi connectivity index (χ2n) is 7.05. The molecule has 1 heterocycles. The van der Waals surface area contributed by atoms with Crippen LogP contribution in [0.25, 0.3) is 10.9 Å². The van der Waals surface area contributed by atoms with Crippen molar-refractivity contribution in [2.45, 2.75) is 19.8 Å². The Hall–Kier alpha value is -2.72. The number of hydrogen-bond acceptors (Lipinski definition) is 7. The van der Waals surface area contributed by atoms with Crippen LogP contribution in [-0.2, 0) is 9.53 Å². The summed E-state index contributed by atoms with van der Waals surface area (Å²) >= 11 is 6.82. The van der Waals surface area contributed by atoms with Crippen LogP contribution in [0.5, 0.6) is 11.5 Å². The zero-order valence-corrected chi connectivity index (χ0v) is 21.1. The Bertz CT molecular complexity index is 1250. The average molecular weight is 567 g/mol. The Labute approximate surface area is 201 Å². The van der Waals surface area contributed by atoms with Crippen molar-refractivity contribution in [3.05, 3.63) is 61.0 Å². The van der Waals surface area contributed by atoms with E-state index in [0.717, 1.165) is 4.47 Å². The molecular weight excluding hydrogens is 546 g/mol. The molecule has 0 fully saturated rings. The van der Waals surface area contributed by atoms with Gasteiger partial charge in [-0.25, -0.2) is 9.78 Å². The quantitative estimate of drug-likeness (QED) is 0.309. The van der Waals surface area contributed by atoms with Crippen LogP contribution in [0.2, 0.25) is 0 Å². The van der Waals surface area contributed by atoms with Crippen molar-refractivity contribution >= 4 is 54.9 Å². The summed E-state index contributed by atoms with van der Waals surface area (Å²) in [6, 6.07) is 8.81. The summed E-state index contributed by atoms with van der Waals surface area (Å²) in [6.45, 7) is 3.64. The molecule has 0 amide bonds. The minimum atomic E-state index is -0.513. The van der Waals surface area contributed by atoms with Gasteiger partial charge >= 0.3 is 5.97 Å². The van der Waals surface area contributed by atoms with Crippen LogP contribution in [-0.4, -0.2) is 42.7 Å². The van der Waals surface area contributed by atoms with E-state index in [2.05, 4.69) is 46.7 Å². The smallest absolute Gasteiger partial charge is 0.343 e. The van der Waals surface area contributed by atoms with E-state index >= 15 is 0 Å². The molecule has 32 heavy (non-hydrogen) atoms. The summed E-state index contributed by atoms with van der Waals surface area (Å²) in [5.41, 5.74) is 1.00. The molecule has 0 aliphatic carbocycles. The highest BCUT2D eigenvalue weighted by molar-refractivity contribution is 9.10. The van der Waals surface area contributed by atoms with E-state index in [1.807, 2.05) is 19.9 Å². The Balaban J connectivity index is 2.04. The first-order chi connectivity index (χ1) is 15.2. The monoisotopic (exact) mass is 565 g/mol. The molecule has 0 bridgehead atoms. The average Bonchev–Trinajstić information content (AvgIpc) is 2.77. The van der Waals surface area contributed by atoms with E-state index in [9.17, 15) is 9.59 Å². The molecule has 3 aromatic rings. The van der Waals surface area contributed by atoms with Gasteiger partial charge in [0.05, 0.1) is 35.8 Å². The van der Waals surface area contributed by atoms with Crippen LogP contribution >= 0.6 is 31.9 Å². The van der Waals surface area contributed by atoms with Crippen LogP contribution in [0.3, 0.4) is 0 Å². The van der Waals surface area contributed by atoms with Crippen molar-refractivity contribution < 1.29 is 19.0 Å². The first-order valence-electron chi connectivity index (χ1n) is 9.58. The third kappa shape index (κ3) is 5.18. The van der Waals surface area contributed by atoms with Gasteiger partial charge in [0.2, 0.25) is 0 Å². The molecule has 0 spiro atoms. The molecule has 1 aromatic heterocycles. The van der Waals surface area contributed by atoms with Gasteiger partial charge in [-0.3, -0.25) is 4.79 Å². The first kappa shape index (κ1) is 23.9. The largest absolute Gasteiger partial charge is 0.493 e. The number of halogens is 2. The van der Waals surface area contributed by atoms with Crippen molar-refractivity contribution in [3.8, 4) is 11.5 Å². The Kier molecular flexibility index (Phi) is 7.68. The lowest BCUT2D eigenvalue weighted by Crippen LogP contribution is -2.23. The summed E-state index contributed by atoms with van der Waals surface area (Å²) in [6.07, 6.45) is 1.54. The molecule has 0 N–H and O–H groups in total. The standard InChI is InChI=1S/C22H21Br2N3O5/c1-12(2)21-26-17-6-5-14(23)9-15(17)22(29)27(21)25-10-13-7-16(24)20(18(8-13)30-3)32-11-19(28)31-4/h5-10,12H,11H2,1-4H3. The maximum absolute atomic E-state index is 13.1. The molecule has 0 aliphatic rings. The van der Waals surface area contributed by atoms with Crippen LogP contribution in [0, 0.1) is 0 Å². The fourth-order valence-electron chi connectivity index (χ4n) is 2.92.